The predicted molar refractivity (Wildman–Crippen MR) is 81.1 cm³/mol. The van der Waals surface area contributed by atoms with Gasteiger partial charge >= 0.3 is 0 Å². The number of anilines is 2. The quantitative estimate of drug-likeness (QED) is 0.850. The standard InChI is InChI=1S/C14H17N3O2.ClH/c1-3-12-14(9(2)19-17-12)16-13(18)8-10-4-6-11(15)7-5-10;/h4-7H,3,8,15H2,1-2H3,(H,16,18);1H. The summed E-state index contributed by atoms with van der Waals surface area (Å²) in [4.78, 5) is 12.0. The topological polar surface area (TPSA) is 81.2 Å². The second kappa shape index (κ2) is 6.96. The first kappa shape index (κ1) is 16.0. The molecule has 1 amide bonds. The van der Waals surface area contributed by atoms with Gasteiger partial charge in [0.2, 0.25) is 5.91 Å². The van der Waals surface area contributed by atoms with Crippen molar-refractivity contribution in [3.63, 3.8) is 0 Å². The van der Waals surface area contributed by atoms with E-state index in [0.717, 1.165) is 17.7 Å². The zero-order valence-electron chi connectivity index (χ0n) is 11.5. The van der Waals surface area contributed by atoms with Gasteiger partial charge in [-0.3, -0.25) is 4.79 Å². The van der Waals surface area contributed by atoms with Crippen molar-refractivity contribution >= 4 is 29.7 Å². The highest BCUT2D eigenvalue weighted by Crippen LogP contribution is 2.20. The third-order valence-corrected chi connectivity index (χ3v) is 2.88. The minimum atomic E-state index is -0.0919. The first-order chi connectivity index (χ1) is 9.10. The number of carbonyl (C=O) groups excluding carboxylic acids is 1. The molecular weight excluding hydrogens is 278 g/mol. The van der Waals surface area contributed by atoms with Gasteiger partial charge in [0.1, 0.15) is 11.4 Å². The van der Waals surface area contributed by atoms with E-state index in [1.165, 1.54) is 0 Å². The lowest BCUT2D eigenvalue weighted by molar-refractivity contribution is -0.115. The van der Waals surface area contributed by atoms with Gasteiger partial charge in [-0.25, -0.2) is 0 Å². The fourth-order valence-corrected chi connectivity index (χ4v) is 1.82. The summed E-state index contributed by atoms with van der Waals surface area (Å²) in [7, 11) is 0. The van der Waals surface area contributed by atoms with Crippen LogP contribution in [0.25, 0.3) is 0 Å². The van der Waals surface area contributed by atoms with E-state index < -0.39 is 0 Å². The highest BCUT2D eigenvalue weighted by atomic mass is 35.5. The lowest BCUT2D eigenvalue weighted by Gasteiger charge is -2.05. The van der Waals surface area contributed by atoms with Gasteiger partial charge in [0.25, 0.3) is 0 Å². The number of nitrogen functional groups attached to an aromatic ring is 1. The smallest absolute Gasteiger partial charge is 0.228 e. The number of hydrogen-bond acceptors (Lipinski definition) is 4. The van der Waals surface area contributed by atoms with E-state index in [4.69, 9.17) is 10.3 Å². The molecular formula is C14H18ClN3O2. The normalized spacial score (nSPS) is 9.90. The molecule has 0 bridgehead atoms. The van der Waals surface area contributed by atoms with Crippen molar-refractivity contribution in [2.45, 2.75) is 26.7 Å². The van der Waals surface area contributed by atoms with Crippen LogP contribution in [0.2, 0.25) is 0 Å². The molecule has 108 valence electrons. The molecule has 5 nitrogen and oxygen atoms in total. The van der Waals surface area contributed by atoms with Crippen LogP contribution in [0.15, 0.2) is 28.8 Å². The number of nitrogens with zero attached hydrogens (tertiary/aromatic N) is 1. The van der Waals surface area contributed by atoms with Gasteiger partial charge in [-0.2, -0.15) is 0 Å². The molecule has 0 unspecified atom stereocenters. The van der Waals surface area contributed by atoms with Crippen molar-refractivity contribution in [2.24, 2.45) is 0 Å². The molecule has 0 aliphatic heterocycles. The van der Waals surface area contributed by atoms with Crippen molar-refractivity contribution < 1.29 is 9.32 Å². The molecule has 0 atom stereocenters. The first-order valence-electron chi connectivity index (χ1n) is 6.19. The molecule has 3 N–H and O–H groups in total. The monoisotopic (exact) mass is 295 g/mol. The Morgan fingerprint density at radius 1 is 1.35 bits per heavy atom. The van der Waals surface area contributed by atoms with E-state index in [-0.39, 0.29) is 18.3 Å². The summed E-state index contributed by atoms with van der Waals surface area (Å²) in [5.74, 6) is 0.535. The van der Waals surface area contributed by atoms with Gasteiger partial charge in [-0.1, -0.05) is 24.2 Å². The molecule has 0 aliphatic carbocycles. The zero-order chi connectivity index (χ0) is 13.8. The fourth-order valence-electron chi connectivity index (χ4n) is 1.82. The second-order valence-electron chi connectivity index (χ2n) is 4.38. The number of rotatable bonds is 4. The van der Waals surface area contributed by atoms with Crippen molar-refractivity contribution in [3.05, 3.63) is 41.3 Å². The average Bonchev–Trinajstić information content (AvgIpc) is 2.73. The number of nitrogens with two attached hydrogens (primary N) is 1. The molecule has 1 aromatic heterocycles. The van der Waals surface area contributed by atoms with Crippen LogP contribution in [-0.2, 0) is 17.6 Å². The number of aromatic nitrogens is 1. The minimum Gasteiger partial charge on any atom is -0.399 e. The van der Waals surface area contributed by atoms with Crippen LogP contribution in [0.1, 0.15) is 23.9 Å². The van der Waals surface area contributed by atoms with Gasteiger partial charge in [0.15, 0.2) is 5.76 Å². The molecule has 2 rings (SSSR count). The summed E-state index contributed by atoms with van der Waals surface area (Å²) >= 11 is 0. The third kappa shape index (κ3) is 3.74. The summed E-state index contributed by atoms with van der Waals surface area (Å²) < 4.78 is 5.07. The summed E-state index contributed by atoms with van der Waals surface area (Å²) in [5, 5.41) is 6.75. The molecule has 0 aliphatic rings. The number of hydrogen-bond donors (Lipinski definition) is 2. The Labute approximate surface area is 123 Å². The Hall–Kier alpha value is -2.01. The average molecular weight is 296 g/mol. The lowest BCUT2D eigenvalue weighted by atomic mass is 10.1. The maximum atomic E-state index is 12.0. The lowest BCUT2D eigenvalue weighted by Crippen LogP contribution is -2.15. The molecule has 0 saturated heterocycles. The summed E-state index contributed by atoms with van der Waals surface area (Å²) in [6.07, 6.45) is 1.02. The number of nitrogens with one attached hydrogen (secondary N) is 1. The Bertz CT molecular complexity index is 579. The zero-order valence-corrected chi connectivity index (χ0v) is 12.3. The van der Waals surface area contributed by atoms with Crippen molar-refractivity contribution in [3.8, 4) is 0 Å². The third-order valence-electron chi connectivity index (χ3n) is 2.88. The van der Waals surface area contributed by atoms with Crippen LogP contribution in [0.3, 0.4) is 0 Å². The fraction of sp³-hybridized carbons (Fsp3) is 0.286. The molecule has 0 saturated carbocycles. The largest absolute Gasteiger partial charge is 0.399 e. The van der Waals surface area contributed by atoms with E-state index in [0.29, 0.717) is 23.6 Å². The Morgan fingerprint density at radius 3 is 2.60 bits per heavy atom. The van der Waals surface area contributed by atoms with Crippen molar-refractivity contribution in [1.82, 2.24) is 5.16 Å². The SMILES string of the molecule is CCc1noc(C)c1NC(=O)Cc1ccc(N)cc1.Cl. The summed E-state index contributed by atoms with van der Waals surface area (Å²) in [5.41, 5.74) is 8.66. The molecule has 0 fully saturated rings. The number of halogens is 1. The Kier molecular flexibility index (Phi) is 5.58. The number of amides is 1. The molecule has 2 aromatic rings. The van der Waals surface area contributed by atoms with E-state index in [1.54, 1.807) is 19.1 Å². The number of aryl methyl sites for hydroxylation is 2. The van der Waals surface area contributed by atoms with Crippen LogP contribution in [0.4, 0.5) is 11.4 Å². The maximum Gasteiger partial charge on any atom is 0.228 e. The minimum absolute atomic E-state index is 0. The maximum absolute atomic E-state index is 12.0. The van der Waals surface area contributed by atoms with Crippen molar-refractivity contribution in [1.29, 1.82) is 0 Å². The highest BCUT2D eigenvalue weighted by Gasteiger charge is 2.14. The summed E-state index contributed by atoms with van der Waals surface area (Å²) in [6, 6.07) is 7.25. The molecule has 1 aromatic carbocycles. The van der Waals surface area contributed by atoms with Crippen LogP contribution >= 0.6 is 12.4 Å². The van der Waals surface area contributed by atoms with Gasteiger partial charge < -0.3 is 15.6 Å². The number of benzene rings is 1. The van der Waals surface area contributed by atoms with Gasteiger partial charge in [0.05, 0.1) is 6.42 Å². The van der Waals surface area contributed by atoms with E-state index in [1.807, 2.05) is 19.1 Å². The van der Waals surface area contributed by atoms with Crippen molar-refractivity contribution in [2.75, 3.05) is 11.1 Å². The first-order valence-corrected chi connectivity index (χ1v) is 6.19. The molecule has 6 heteroatoms. The van der Waals surface area contributed by atoms with Gasteiger partial charge in [0, 0.05) is 5.69 Å². The molecule has 0 spiro atoms. The Morgan fingerprint density at radius 2 is 2.00 bits per heavy atom. The number of carbonyl (C=O) groups is 1. The van der Waals surface area contributed by atoms with E-state index >= 15 is 0 Å². The van der Waals surface area contributed by atoms with E-state index in [9.17, 15) is 4.79 Å². The summed E-state index contributed by atoms with van der Waals surface area (Å²) in [6.45, 7) is 3.75. The Balaban J connectivity index is 0.00000200. The van der Waals surface area contributed by atoms with Crippen LogP contribution < -0.4 is 11.1 Å². The van der Waals surface area contributed by atoms with Gasteiger partial charge in [-0.05, 0) is 31.0 Å². The van der Waals surface area contributed by atoms with Crippen LogP contribution in [-0.4, -0.2) is 11.1 Å². The van der Waals surface area contributed by atoms with Crippen LogP contribution in [0.5, 0.6) is 0 Å². The van der Waals surface area contributed by atoms with E-state index in [2.05, 4.69) is 10.5 Å². The highest BCUT2D eigenvalue weighted by molar-refractivity contribution is 5.93. The predicted octanol–water partition coefficient (Wildman–Crippen LogP) is 2.73. The second-order valence-corrected chi connectivity index (χ2v) is 4.38. The van der Waals surface area contributed by atoms with Crippen LogP contribution in [0, 0.1) is 6.92 Å². The molecule has 0 radical (unpaired) electrons. The van der Waals surface area contributed by atoms with Gasteiger partial charge in [-0.15, -0.1) is 12.4 Å². The molecule has 20 heavy (non-hydrogen) atoms. The molecule has 1 heterocycles.